The fourth-order valence-corrected chi connectivity index (χ4v) is 1.86. The number of hydrogen-bond acceptors (Lipinski definition) is 4. The number of benzene rings is 1. The van der Waals surface area contributed by atoms with Crippen molar-refractivity contribution in [3.63, 3.8) is 0 Å². The first-order valence-corrected chi connectivity index (χ1v) is 7.31. The minimum Gasteiger partial charge on any atom is -0.445 e. The number of nitrogens with one attached hydrogen (secondary N) is 1. The summed E-state index contributed by atoms with van der Waals surface area (Å²) >= 11 is 0. The zero-order valence-electron chi connectivity index (χ0n) is 12.9. The third-order valence-electron chi connectivity index (χ3n) is 3.04. The molecule has 1 aromatic rings. The van der Waals surface area contributed by atoms with Crippen LogP contribution in [0, 0.1) is 0 Å². The maximum Gasteiger partial charge on any atom is 0.408 e. The number of amides is 2. The standard InChI is InChI=1S/C15H23N5O3/c16-13(21)12(8-4-5-9-19-14(17)18)20-15(22)23-10-11-6-2-1-3-7-11/h1-3,6-7,12H,4-5,8-10H2,(H2,16,21)(H,20,22)(H4,17,18,19). The van der Waals surface area contributed by atoms with Gasteiger partial charge in [-0.15, -0.1) is 0 Å². The third-order valence-corrected chi connectivity index (χ3v) is 3.04. The Morgan fingerprint density at radius 2 is 1.83 bits per heavy atom. The summed E-state index contributed by atoms with van der Waals surface area (Å²) in [6.07, 6.45) is 1.04. The number of rotatable bonds is 9. The second kappa shape index (κ2) is 10.0. The van der Waals surface area contributed by atoms with Gasteiger partial charge in [-0.05, 0) is 24.8 Å². The number of carbonyl (C=O) groups excluding carboxylic acids is 2. The second-order valence-corrected chi connectivity index (χ2v) is 4.96. The van der Waals surface area contributed by atoms with Crippen LogP contribution in [-0.2, 0) is 16.1 Å². The Hall–Kier alpha value is -2.77. The molecule has 1 rings (SSSR count). The smallest absolute Gasteiger partial charge is 0.408 e. The number of nitrogens with zero attached hydrogens (tertiary/aromatic N) is 1. The number of ether oxygens (including phenoxy) is 1. The lowest BCUT2D eigenvalue weighted by Gasteiger charge is -2.15. The minimum absolute atomic E-state index is 0.0269. The van der Waals surface area contributed by atoms with Gasteiger partial charge in [-0.25, -0.2) is 4.79 Å². The van der Waals surface area contributed by atoms with Gasteiger partial charge in [0.05, 0.1) is 0 Å². The molecule has 1 atom stereocenters. The Morgan fingerprint density at radius 3 is 2.43 bits per heavy atom. The summed E-state index contributed by atoms with van der Waals surface area (Å²) in [6.45, 7) is 0.592. The second-order valence-electron chi connectivity index (χ2n) is 4.96. The average molecular weight is 321 g/mol. The van der Waals surface area contributed by atoms with Gasteiger partial charge >= 0.3 is 6.09 Å². The molecule has 0 saturated heterocycles. The summed E-state index contributed by atoms with van der Waals surface area (Å²) in [5.41, 5.74) is 16.6. The van der Waals surface area contributed by atoms with Crippen LogP contribution in [0.2, 0.25) is 0 Å². The van der Waals surface area contributed by atoms with Crippen molar-refractivity contribution in [2.24, 2.45) is 22.2 Å². The molecule has 0 spiro atoms. The lowest BCUT2D eigenvalue weighted by atomic mass is 10.1. The number of nitrogens with two attached hydrogens (primary N) is 3. The lowest BCUT2D eigenvalue weighted by molar-refractivity contribution is -0.120. The van der Waals surface area contributed by atoms with E-state index in [2.05, 4.69) is 10.3 Å². The van der Waals surface area contributed by atoms with E-state index in [1.54, 1.807) is 0 Å². The molecule has 8 heteroatoms. The van der Waals surface area contributed by atoms with E-state index < -0.39 is 18.0 Å². The van der Waals surface area contributed by atoms with Crippen molar-refractivity contribution in [1.29, 1.82) is 0 Å². The van der Waals surface area contributed by atoms with Crippen LogP contribution in [0.5, 0.6) is 0 Å². The Morgan fingerprint density at radius 1 is 1.13 bits per heavy atom. The summed E-state index contributed by atoms with van der Waals surface area (Å²) in [6, 6.07) is 8.45. The van der Waals surface area contributed by atoms with Crippen molar-refractivity contribution in [2.75, 3.05) is 6.54 Å². The normalized spacial score (nSPS) is 11.3. The van der Waals surface area contributed by atoms with Gasteiger partial charge in [-0.2, -0.15) is 0 Å². The predicted molar refractivity (Wildman–Crippen MR) is 87.3 cm³/mol. The van der Waals surface area contributed by atoms with Crippen LogP contribution in [0.15, 0.2) is 35.3 Å². The first-order valence-electron chi connectivity index (χ1n) is 7.31. The number of hydrogen-bond donors (Lipinski definition) is 4. The van der Waals surface area contributed by atoms with Gasteiger partial charge < -0.3 is 27.3 Å². The first kappa shape index (κ1) is 18.3. The van der Waals surface area contributed by atoms with E-state index in [4.69, 9.17) is 21.9 Å². The SMILES string of the molecule is NC(=O)C(CCCCN=C(N)N)NC(=O)OCc1ccccc1. The number of carbonyl (C=O) groups is 2. The molecule has 8 nitrogen and oxygen atoms in total. The quantitative estimate of drug-likeness (QED) is 0.292. The van der Waals surface area contributed by atoms with Crippen molar-refractivity contribution in [3.8, 4) is 0 Å². The summed E-state index contributed by atoms with van der Waals surface area (Å²) in [4.78, 5) is 26.9. The van der Waals surface area contributed by atoms with E-state index in [1.807, 2.05) is 30.3 Å². The van der Waals surface area contributed by atoms with Gasteiger partial charge in [-0.3, -0.25) is 9.79 Å². The van der Waals surface area contributed by atoms with Crippen molar-refractivity contribution in [3.05, 3.63) is 35.9 Å². The Kier molecular flexibility index (Phi) is 7.98. The highest BCUT2D eigenvalue weighted by Crippen LogP contribution is 2.04. The minimum atomic E-state index is -0.780. The maximum atomic E-state index is 11.7. The summed E-state index contributed by atoms with van der Waals surface area (Å²) in [5.74, 6) is -0.581. The lowest BCUT2D eigenvalue weighted by Crippen LogP contribution is -2.44. The van der Waals surface area contributed by atoms with E-state index in [9.17, 15) is 9.59 Å². The van der Waals surface area contributed by atoms with Gasteiger partial charge in [0.25, 0.3) is 0 Å². The van der Waals surface area contributed by atoms with Crippen LogP contribution >= 0.6 is 0 Å². The van der Waals surface area contributed by atoms with Crippen molar-refractivity contribution < 1.29 is 14.3 Å². The number of guanidine groups is 1. The molecule has 23 heavy (non-hydrogen) atoms. The highest BCUT2D eigenvalue weighted by atomic mass is 16.5. The van der Waals surface area contributed by atoms with E-state index in [0.717, 1.165) is 5.56 Å². The molecule has 2 amide bonds. The molecule has 0 aromatic heterocycles. The molecule has 0 radical (unpaired) electrons. The van der Waals surface area contributed by atoms with Crippen LogP contribution < -0.4 is 22.5 Å². The number of unbranched alkanes of at least 4 members (excludes halogenated alkanes) is 1. The van der Waals surface area contributed by atoms with Gasteiger partial charge in [0, 0.05) is 6.54 Å². The van der Waals surface area contributed by atoms with Crippen LogP contribution in [0.4, 0.5) is 4.79 Å². The molecule has 0 saturated carbocycles. The van der Waals surface area contributed by atoms with E-state index in [0.29, 0.717) is 25.8 Å². The van der Waals surface area contributed by atoms with Gasteiger partial charge in [0.2, 0.25) is 5.91 Å². The average Bonchev–Trinajstić information content (AvgIpc) is 2.52. The summed E-state index contributed by atoms with van der Waals surface area (Å²) < 4.78 is 5.05. The molecule has 0 heterocycles. The monoisotopic (exact) mass is 321 g/mol. The Balaban J connectivity index is 2.32. The molecule has 0 bridgehead atoms. The molecule has 7 N–H and O–H groups in total. The van der Waals surface area contributed by atoms with Crippen LogP contribution in [0.1, 0.15) is 24.8 Å². The molecule has 1 unspecified atom stereocenters. The number of aliphatic imine (C=N–C) groups is 1. The Labute approximate surface area is 135 Å². The van der Waals surface area contributed by atoms with Crippen molar-refractivity contribution in [2.45, 2.75) is 31.9 Å². The molecule has 126 valence electrons. The highest BCUT2D eigenvalue weighted by molar-refractivity contribution is 5.84. The number of primary amides is 1. The predicted octanol–water partition coefficient (Wildman–Crippen LogP) is 0.210. The van der Waals surface area contributed by atoms with E-state index in [-0.39, 0.29) is 12.6 Å². The summed E-state index contributed by atoms with van der Waals surface area (Å²) in [7, 11) is 0. The summed E-state index contributed by atoms with van der Waals surface area (Å²) in [5, 5.41) is 2.47. The molecule has 0 fully saturated rings. The van der Waals surface area contributed by atoms with Crippen molar-refractivity contribution in [1.82, 2.24) is 5.32 Å². The molecule has 0 aliphatic carbocycles. The third kappa shape index (κ3) is 8.30. The van der Waals surface area contributed by atoms with Gasteiger partial charge in [-0.1, -0.05) is 30.3 Å². The Bertz CT molecular complexity index is 529. The van der Waals surface area contributed by atoms with Crippen LogP contribution in [-0.4, -0.2) is 30.5 Å². The van der Waals surface area contributed by atoms with Crippen LogP contribution in [0.25, 0.3) is 0 Å². The van der Waals surface area contributed by atoms with Gasteiger partial charge in [0.1, 0.15) is 12.6 Å². The van der Waals surface area contributed by atoms with Crippen molar-refractivity contribution >= 4 is 18.0 Å². The zero-order valence-corrected chi connectivity index (χ0v) is 12.9. The molecule has 1 aromatic carbocycles. The molecule has 0 aliphatic rings. The van der Waals surface area contributed by atoms with Crippen LogP contribution in [0.3, 0.4) is 0 Å². The first-order chi connectivity index (χ1) is 11.0. The maximum absolute atomic E-state index is 11.7. The fraction of sp³-hybridized carbons (Fsp3) is 0.400. The number of alkyl carbamates (subject to hydrolysis) is 1. The highest BCUT2D eigenvalue weighted by Gasteiger charge is 2.18. The van der Waals surface area contributed by atoms with Gasteiger partial charge in [0.15, 0.2) is 5.96 Å². The van der Waals surface area contributed by atoms with E-state index >= 15 is 0 Å². The zero-order chi connectivity index (χ0) is 17.1. The van der Waals surface area contributed by atoms with E-state index in [1.165, 1.54) is 0 Å². The molecular formula is C15H23N5O3. The molecular weight excluding hydrogens is 298 g/mol. The fourth-order valence-electron chi connectivity index (χ4n) is 1.86. The topological polar surface area (TPSA) is 146 Å². The molecule has 0 aliphatic heterocycles. The largest absolute Gasteiger partial charge is 0.445 e.